The molecule has 2 unspecified atom stereocenters. The third-order valence-electron chi connectivity index (χ3n) is 4.61. The van der Waals surface area contributed by atoms with Gasteiger partial charge >= 0.3 is 0 Å². The summed E-state index contributed by atoms with van der Waals surface area (Å²) in [5.74, 6) is 0.933. The van der Waals surface area contributed by atoms with E-state index in [4.69, 9.17) is 4.74 Å². The minimum absolute atomic E-state index is 0.00659. The van der Waals surface area contributed by atoms with Gasteiger partial charge in [0.15, 0.2) is 0 Å². The van der Waals surface area contributed by atoms with Gasteiger partial charge in [0, 0.05) is 25.0 Å². The van der Waals surface area contributed by atoms with Gasteiger partial charge in [0.1, 0.15) is 18.5 Å². The van der Waals surface area contributed by atoms with Crippen LogP contribution < -0.4 is 10.1 Å². The number of carbonyl (C=O) groups excluding carboxylic acids is 1. The van der Waals surface area contributed by atoms with Gasteiger partial charge in [-0.3, -0.25) is 9.69 Å². The maximum atomic E-state index is 11.9. The molecule has 0 aromatic heterocycles. The molecule has 0 bridgehead atoms. The third kappa shape index (κ3) is 6.33. The Morgan fingerprint density at radius 2 is 2.16 bits per heavy atom. The van der Waals surface area contributed by atoms with Crippen molar-refractivity contribution < 1.29 is 14.6 Å². The molecule has 1 fully saturated rings. The van der Waals surface area contributed by atoms with Crippen LogP contribution in [0.1, 0.15) is 37.8 Å². The van der Waals surface area contributed by atoms with Crippen LogP contribution in [0, 0.1) is 19.8 Å². The number of hydrogen-bond donors (Lipinski definition) is 2. The Balaban J connectivity index is 1.77. The summed E-state index contributed by atoms with van der Waals surface area (Å²) in [6.45, 7) is 10.5. The lowest BCUT2D eigenvalue weighted by Gasteiger charge is -2.34. The van der Waals surface area contributed by atoms with Gasteiger partial charge in [0.25, 0.3) is 0 Å². The van der Waals surface area contributed by atoms with Crippen molar-refractivity contribution in [3.05, 3.63) is 29.3 Å². The van der Waals surface area contributed by atoms with Crippen molar-refractivity contribution in [3.63, 3.8) is 0 Å². The lowest BCUT2D eigenvalue weighted by molar-refractivity contribution is -0.125. The summed E-state index contributed by atoms with van der Waals surface area (Å²) in [6, 6.07) is 6.22. The number of hydrogen-bond acceptors (Lipinski definition) is 4. The first-order valence-electron chi connectivity index (χ1n) is 9.26. The molecule has 0 saturated carbocycles. The highest BCUT2D eigenvalue weighted by molar-refractivity contribution is 5.78. The minimum Gasteiger partial charge on any atom is -0.491 e. The molecule has 140 valence electrons. The number of nitrogens with zero attached hydrogens (tertiary/aromatic N) is 1. The van der Waals surface area contributed by atoms with E-state index in [1.807, 2.05) is 32.9 Å². The molecule has 5 heteroatoms. The lowest BCUT2D eigenvalue weighted by Crippen LogP contribution is -2.50. The van der Waals surface area contributed by atoms with Crippen LogP contribution >= 0.6 is 0 Å². The fraction of sp³-hybridized carbons (Fsp3) is 0.650. The number of piperidine rings is 1. The smallest absolute Gasteiger partial charge is 0.222 e. The van der Waals surface area contributed by atoms with E-state index < -0.39 is 6.10 Å². The molecule has 1 aromatic rings. The second-order valence-electron chi connectivity index (χ2n) is 7.50. The number of benzene rings is 1. The Hall–Kier alpha value is -1.59. The van der Waals surface area contributed by atoms with E-state index in [0.717, 1.165) is 37.2 Å². The Morgan fingerprint density at radius 1 is 1.40 bits per heavy atom. The zero-order valence-corrected chi connectivity index (χ0v) is 15.9. The number of aliphatic hydroxyl groups excluding tert-OH is 1. The summed E-state index contributed by atoms with van der Waals surface area (Å²) in [4.78, 5) is 14.1. The molecule has 1 amide bonds. The van der Waals surface area contributed by atoms with E-state index in [0.29, 0.717) is 6.54 Å². The second kappa shape index (κ2) is 9.20. The normalized spacial score (nSPS) is 19.7. The molecule has 5 nitrogen and oxygen atoms in total. The number of aliphatic hydroxyl groups is 1. The average molecular weight is 348 g/mol. The monoisotopic (exact) mass is 348 g/mol. The highest BCUT2D eigenvalue weighted by Crippen LogP contribution is 2.19. The van der Waals surface area contributed by atoms with Crippen LogP contribution in [0.15, 0.2) is 18.2 Å². The van der Waals surface area contributed by atoms with Crippen molar-refractivity contribution in [1.29, 1.82) is 0 Å². The minimum atomic E-state index is -0.541. The highest BCUT2D eigenvalue weighted by atomic mass is 16.5. The maximum Gasteiger partial charge on any atom is 0.222 e. The van der Waals surface area contributed by atoms with Crippen LogP contribution in [0.25, 0.3) is 0 Å². The highest BCUT2D eigenvalue weighted by Gasteiger charge is 2.23. The van der Waals surface area contributed by atoms with Gasteiger partial charge in [-0.2, -0.15) is 0 Å². The van der Waals surface area contributed by atoms with Crippen molar-refractivity contribution in [2.45, 2.75) is 52.7 Å². The first-order valence-corrected chi connectivity index (χ1v) is 9.26. The number of aryl methyl sites for hydroxylation is 2. The van der Waals surface area contributed by atoms with Gasteiger partial charge in [-0.1, -0.05) is 31.5 Å². The van der Waals surface area contributed by atoms with Crippen molar-refractivity contribution in [1.82, 2.24) is 10.2 Å². The van der Waals surface area contributed by atoms with Gasteiger partial charge in [0.05, 0.1) is 0 Å². The zero-order valence-electron chi connectivity index (χ0n) is 15.9. The number of likely N-dealkylation sites (tertiary alicyclic amines) is 1. The van der Waals surface area contributed by atoms with Crippen molar-refractivity contribution in [2.24, 2.45) is 5.92 Å². The zero-order chi connectivity index (χ0) is 18.4. The van der Waals surface area contributed by atoms with E-state index in [2.05, 4.69) is 23.2 Å². The maximum absolute atomic E-state index is 11.9. The van der Waals surface area contributed by atoms with Crippen LogP contribution in [0.4, 0.5) is 0 Å². The Labute approximate surface area is 151 Å². The molecule has 1 heterocycles. The van der Waals surface area contributed by atoms with Crippen LogP contribution in [-0.4, -0.2) is 54.3 Å². The van der Waals surface area contributed by atoms with Gasteiger partial charge < -0.3 is 15.2 Å². The van der Waals surface area contributed by atoms with E-state index in [1.54, 1.807) is 0 Å². The van der Waals surface area contributed by atoms with E-state index in [-0.39, 0.29) is 24.5 Å². The number of ether oxygens (including phenoxy) is 1. The fourth-order valence-corrected chi connectivity index (χ4v) is 3.21. The first-order chi connectivity index (χ1) is 11.8. The molecule has 0 radical (unpaired) electrons. The number of rotatable bonds is 7. The standard InChI is InChI=1S/C20H32N2O3/c1-14(2)20(24)21-17-6-5-9-22(11-17)12-18(23)13-25-19-8-7-15(3)10-16(19)4/h7-8,10,14,17-18,23H,5-6,9,11-13H2,1-4H3,(H,21,24). The van der Waals surface area contributed by atoms with Gasteiger partial charge in [-0.05, 0) is 44.9 Å². The molecule has 2 atom stereocenters. The largest absolute Gasteiger partial charge is 0.491 e. The molecule has 1 saturated heterocycles. The topological polar surface area (TPSA) is 61.8 Å². The number of carbonyl (C=O) groups is 1. The van der Waals surface area contributed by atoms with Gasteiger partial charge in [0.2, 0.25) is 5.91 Å². The molecular weight excluding hydrogens is 316 g/mol. The number of β-amino-alcohol motifs (C(OH)–C–C–N with tert-alkyl or cyclic N) is 1. The van der Waals surface area contributed by atoms with Crippen LogP contribution in [0.3, 0.4) is 0 Å². The van der Waals surface area contributed by atoms with Crippen LogP contribution in [-0.2, 0) is 4.79 Å². The SMILES string of the molecule is Cc1ccc(OCC(O)CN2CCCC(NC(=O)C(C)C)C2)c(C)c1. The van der Waals surface area contributed by atoms with Crippen molar-refractivity contribution in [3.8, 4) is 5.75 Å². The van der Waals surface area contributed by atoms with E-state index in [9.17, 15) is 9.90 Å². The Kier molecular flexibility index (Phi) is 7.26. The molecule has 1 aliphatic heterocycles. The Bertz CT molecular complexity index is 574. The molecule has 2 rings (SSSR count). The molecule has 2 N–H and O–H groups in total. The molecule has 0 aliphatic carbocycles. The third-order valence-corrected chi connectivity index (χ3v) is 4.61. The molecule has 1 aliphatic rings. The predicted molar refractivity (Wildman–Crippen MR) is 99.9 cm³/mol. The summed E-state index contributed by atoms with van der Waals surface area (Å²) >= 11 is 0. The summed E-state index contributed by atoms with van der Waals surface area (Å²) < 4.78 is 5.77. The van der Waals surface area contributed by atoms with Crippen molar-refractivity contribution in [2.75, 3.05) is 26.2 Å². The Morgan fingerprint density at radius 3 is 2.84 bits per heavy atom. The summed E-state index contributed by atoms with van der Waals surface area (Å²) in [5.41, 5.74) is 2.29. The molecule has 25 heavy (non-hydrogen) atoms. The molecule has 0 spiro atoms. The van der Waals surface area contributed by atoms with Crippen molar-refractivity contribution >= 4 is 5.91 Å². The van der Waals surface area contributed by atoms with Gasteiger partial charge in [-0.15, -0.1) is 0 Å². The quantitative estimate of drug-likeness (QED) is 0.794. The number of amides is 1. The van der Waals surface area contributed by atoms with Crippen LogP contribution in [0.2, 0.25) is 0 Å². The molecular formula is C20H32N2O3. The summed E-state index contributed by atoms with van der Waals surface area (Å²) in [5, 5.41) is 13.4. The summed E-state index contributed by atoms with van der Waals surface area (Å²) in [7, 11) is 0. The van der Waals surface area contributed by atoms with E-state index in [1.165, 1.54) is 5.56 Å². The van der Waals surface area contributed by atoms with Gasteiger partial charge in [-0.25, -0.2) is 0 Å². The lowest BCUT2D eigenvalue weighted by atomic mass is 10.0. The van der Waals surface area contributed by atoms with E-state index >= 15 is 0 Å². The van der Waals surface area contributed by atoms with Crippen LogP contribution in [0.5, 0.6) is 5.75 Å². The predicted octanol–water partition coefficient (Wildman–Crippen LogP) is 2.28. The molecule has 1 aromatic carbocycles. The fourth-order valence-electron chi connectivity index (χ4n) is 3.21. The number of nitrogens with one attached hydrogen (secondary N) is 1. The summed E-state index contributed by atoms with van der Waals surface area (Å²) in [6.07, 6.45) is 1.50. The first kappa shape index (κ1) is 19.7. The second-order valence-corrected chi connectivity index (χ2v) is 7.50. The average Bonchev–Trinajstić information content (AvgIpc) is 2.54.